The van der Waals surface area contributed by atoms with Crippen molar-refractivity contribution in [2.45, 2.75) is 56.6 Å². The molecular weight excluding hydrogens is 466 g/mol. The fraction of sp³-hybridized carbons (Fsp3) is 0.500. The molecule has 2 aromatic carbocycles. The topological polar surface area (TPSA) is 99.2 Å². The van der Waals surface area contributed by atoms with Crippen LogP contribution in [-0.4, -0.2) is 62.6 Å². The second kappa shape index (κ2) is 9.11. The van der Waals surface area contributed by atoms with Gasteiger partial charge in [-0.2, -0.15) is 4.31 Å². The molecule has 1 amide bonds. The van der Waals surface area contributed by atoms with E-state index in [2.05, 4.69) is 5.32 Å². The molecule has 2 heterocycles. The van der Waals surface area contributed by atoms with Crippen LogP contribution < -0.4 is 15.0 Å². The lowest BCUT2D eigenvalue weighted by molar-refractivity contribution is -0.120. The van der Waals surface area contributed by atoms with Crippen molar-refractivity contribution in [3.63, 3.8) is 0 Å². The second-order valence-electron chi connectivity index (χ2n) is 9.97. The lowest BCUT2D eigenvalue weighted by atomic mass is 9.89. The van der Waals surface area contributed by atoms with Gasteiger partial charge in [0.15, 0.2) is 0 Å². The first kappa shape index (κ1) is 24.1. The lowest BCUT2D eigenvalue weighted by Crippen LogP contribution is -2.49. The molecular formula is C26H33N3O5S. The quantitative estimate of drug-likeness (QED) is 0.657. The third-order valence-electron chi connectivity index (χ3n) is 7.75. The van der Waals surface area contributed by atoms with Crippen molar-refractivity contribution >= 4 is 27.3 Å². The molecule has 3 atom stereocenters. The van der Waals surface area contributed by atoms with Gasteiger partial charge in [-0.15, -0.1) is 0 Å². The van der Waals surface area contributed by atoms with Crippen molar-refractivity contribution in [2.24, 2.45) is 5.92 Å². The number of benzene rings is 2. The van der Waals surface area contributed by atoms with E-state index in [-0.39, 0.29) is 17.3 Å². The second-order valence-corrected chi connectivity index (χ2v) is 11.9. The number of aliphatic hydroxyl groups excluding tert-OH is 1. The Balaban J connectivity index is 1.49. The molecule has 0 saturated heterocycles. The monoisotopic (exact) mass is 499 g/mol. The van der Waals surface area contributed by atoms with Gasteiger partial charge in [0.1, 0.15) is 12.4 Å². The van der Waals surface area contributed by atoms with E-state index >= 15 is 0 Å². The average molecular weight is 500 g/mol. The highest BCUT2D eigenvalue weighted by Gasteiger charge is 2.42. The fourth-order valence-corrected chi connectivity index (χ4v) is 7.21. The van der Waals surface area contributed by atoms with Crippen LogP contribution in [-0.2, 0) is 21.2 Å². The number of fused-ring (bicyclic) bond motifs is 2. The number of nitrogens with zero attached hydrogens (tertiary/aromatic N) is 2. The summed E-state index contributed by atoms with van der Waals surface area (Å²) in [5.74, 6) is -0.205. The number of anilines is 2. The Morgan fingerprint density at radius 3 is 2.74 bits per heavy atom. The maximum atomic E-state index is 14.0. The molecule has 35 heavy (non-hydrogen) atoms. The fourth-order valence-electron chi connectivity index (χ4n) is 5.47. The van der Waals surface area contributed by atoms with E-state index in [9.17, 15) is 18.3 Å². The standard InChI is InChI=1S/C26H33N3O5S/c1-16-7-8-18-13-19(26(31)27-25(18)17(16)2)15-29(21-5-4-6-23(21)30)35(32,33)20-9-10-22-24(14-20)34-12-11-28(22)3/h7-10,14,19,21,23,30H,4-6,11-13,15H2,1-3H3,(H,27,31)/t19?,21-,23+/m1/s1. The van der Waals surface area contributed by atoms with E-state index in [1.54, 1.807) is 18.2 Å². The summed E-state index contributed by atoms with van der Waals surface area (Å²) in [6.07, 6.45) is 1.55. The predicted molar refractivity (Wildman–Crippen MR) is 134 cm³/mol. The molecule has 5 rings (SSSR count). The summed E-state index contributed by atoms with van der Waals surface area (Å²) in [7, 11) is -2.04. The zero-order valence-electron chi connectivity index (χ0n) is 20.5. The molecule has 2 N–H and O–H groups in total. The number of rotatable bonds is 5. The summed E-state index contributed by atoms with van der Waals surface area (Å²) in [6.45, 7) is 5.22. The van der Waals surface area contributed by atoms with E-state index in [1.807, 2.05) is 37.9 Å². The van der Waals surface area contributed by atoms with E-state index in [0.29, 0.717) is 31.6 Å². The zero-order chi connectivity index (χ0) is 24.9. The number of carbonyl (C=O) groups excluding carboxylic acids is 1. The highest BCUT2D eigenvalue weighted by Crippen LogP contribution is 2.37. The van der Waals surface area contributed by atoms with Crippen LogP contribution in [0.15, 0.2) is 35.2 Å². The summed E-state index contributed by atoms with van der Waals surface area (Å²) in [4.78, 5) is 15.3. The van der Waals surface area contributed by atoms with E-state index < -0.39 is 28.1 Å². The third-order valence-corrected chi connectivity index (χ3v) is 9.64. The molecule has 1 saturated carbocycles. The number of aryl methyl sites for hydroxylation is 1. The van der Waals surface area contributed by atoms with Gasteiger partial charge >= 0.3 is 0 Å². The number of likely N-dealkylation sites (N-methyl/N-ethyl adjacent to an activating group) is 1. The molecule has 188 valence electrons. The van der Waals surface area contributed by atoms with Gasteiger partial charge in [-0.25, -0.2) is 8.42 Å². The van der Waals surface area contributed by atoms with Crippen molar-refractivity contribution in [1.29, 1.82) is 0 Å². The van der Waals surface area contributed by atoms with Crippen LogP contribution >= 0.6 is 0 Å². The van der Waals surface area contributed by atoms with E-state index in [1.165, 1.54) is 4.31 Å². The molecule has 1 fully saturated rings. The van der Waals surface area contributed by atoms with Crippen molar-refractivity contribution in [2.75, 3.05) is 37.0 Å². The molecule has 9 heteroatoms. The molecule has 2 aromatic rings. The molecule has 8 nitrogen and oxygen atoms in total. The number of amides is 1. The Kier molecular flexibility index (Phi) is 6.27. The first-order valence-corrected chi connectivity index (χ1v) is 13.7. The van der Waals surface area contributed by atoms with Gasteiger partial charge in [-0.1, -0.05) is 12.1 Å². The molecule has 3 aliphatic rings. The van der Waals surface area contributed by atoms with Gasteiger partial charge in [0.05, 0.1) is 35.2 Å². The van der Waals surface area contributed by atoms with Gasteiger partial charge in [0, 0.05) is 25.3 Å². The highest BCUT2D eigenvalue weighted by molar-refractivity contribution is 7.89. The zero-order valence-corrected chi connectivity index (χ0v) is 21.3. The van der Waals surface area contributed by atoms with Crippen molar-refractivity contribution < 1.29 is 23.1 Å². The number of hydrogen-bond acceptors (Lipinski definition) is 6. The Morgan fingerprint density at radius 1 is 1.20 bits per heavy atom. The maximum Gasteiger partial charge on any atom is 0.243 e. The SMILES string of the molecule is Cc1ccc2c(c1C)NC(=O)C(CN([C@@H]1CCC[C@@H]1O)S(=O)(=O)c1ccc3c(c1)OCCN3C)C2. The molecule has 0 bridgehead atoms. The summed E-state index contributed by atoms with van der Waals surface area (Å²) in [6, 6.07) is 8.40. The number of nitrogens with one attached hydrogen (secondary N) is 1. The number of sulfonamides is 1. The van der Waals surface area contributed by atoms with Crippen LogP contribution in [0.1, 0.15) is 36.0 Å². The Morgan fingerprint density at radius 2 is 2.00 bits per heavy atom. The minimum atomic E-state index is -3.99. The number of aliphatic hydroxyl groups is 1. The Hall–Kier alpha value is -2.62. The molecule has 2 aliphatic heterocycles. The Labute approximate surface area is 206 Å². The summed E-state index contributed by atoms with van der Waals surface area (Å²) in [5.41, 5.74) is 4.81. The number of ether oxygens (including phenoxy) is 1. The molecule has 0 spiro atoms. The summed E-state index contributed by atoms with van der Waals surface area (Å²) in [5, 5.41) is 13.7. The summed E-state index contributed by atoms with van der Waals surface area (Å²) < 4.78 is 35.1. The summed E-state index contributed by atoms with van der Waals surface area (Å²) >= 11 is 0. The molecule has 1 unspecified atom stereocenters. The number of hydrogen-bond donors (Lipinski definition) is 2. The normalized spacial score (nSPS) is 24.1. The smallest absolute Gasteiger partial charge is 0.243 e. The van der Waals surface area contributed by atoms with Crippen LogP contribution in [0.3, 0.4) is 0 Å². The molecule has 0 aromatic heterocycles. The molecule has 0 radical (unpaired) electrons. The van der Waals surface area contributed by atoms with Crippen LogP contribution in [0.4, 0.5) is 11.4 Å². The first-order valence-electron chi connectivity index (χ1n) is 12.2. The highest BCUT2D eigenvalue weighted by atomic mass is 32.2. The van der Waals surface area contributed by atoms with Crippen LogP contribution in [0, 0.1) is 19.8 Å². The van der Waals surface area contributed by atoms with Gasteiger partial charge < -0.3 is 20.1 Å². The van der Waals surface area contributed by atoms with Crippen LogP contribution in [0.25, 0.3) is 0 Å². The van der Waals surface area contributed by atoms with Gasteiger partial charge in [-0.05, 0) is 68.4 Å². The molecule has 1 aliphatic carbocycles. The van der Waals surface area contributed by atoms with Crippen LogP contribution in [0.2, 0.25) is 0 Å². The predicted octanol–water partition coefficient (Wildman–Crippen LogP) is 2.85. The van der Waals surface area contributed by atoms with Gasteiger partial charge in [-0.3, -0.25) is 4.79 Å². The van der Waals surface area contributed by atoms with Crippen molar-refractivity contribution in [1.82, 2.24) is 4.31 Å². The van der Waals surface area contributed by atoms with Crippen LogP contribution in [0.5, 0.6) is 5.75 Å². The first-order chi connectivity index (χ1) is 16.7. The lowest BCUT2D eigenvalue weighted by Gasteiger charge is -2.35. The minimum Gasteiger partial charge on any atom is -0.490 e. The Bertz CT molecular complexity index is 1260. The third kappa shape index (κ3) is 4.30. The minimum absolute atomic E-state index is 0.0140. The van der Waals surface area contributed by atoms with E-state index in [4.69, 9.17) is 4.74 Å². The largest absolute Gasteiger partial charge is 0.490 e. The average Bonchev–Trinajstić information content (AvgIpc) is 3.25. The van der Waals surface area contributed by atoms with Gasteiger partial charge in [0.2, 0.25) is 15.9 Å². The number of carbonyl (C=O) groups is 1. The van der Waals surface area contributed by atoms with E-state index in [0.717, 1.165) is 41.0 Å². The van der Waals surface area contributed by atoms with Crippen molar-refractivity contribution in [3.05, 3.63) is 47.0 Å². The van der Waals surface area contributed by atoms with Gasteiger partial charge in [0.25, 0.3) is 0 Å². The maximum absolute atomic E-state index is 14.0. The van der Waals surface area contributed by atoms with Crippen molar-refractivity contribution in [3.8, 4) is 5.75 Å².